The lowest BCUT2D eigenvalue weighted by atomic mass is 10.1. The summed E-state index contributed by atoms with van der Waals surface area (Å²) in [5.74, 6) is 0. The number of halogens is 3. The second-order valence-corrected chi connectivity index (χ2v) is 5.58. The zero-order valence-electron chi connectivity index (χ0n) is 8.91. The fourth-order valence-corrected chi connectivity index (χ4v) is 2.62. The molecule has 90 valence electrons. The van der Waals surface area contributed by atoms with Crippen molar-refractivity contribution < 1.29 is 0 Å². The molecule has 0 radical (unpaired) electrons. The number of aromatic nitrogens is 1. The van der Waals surface area contributed by atoms with Gasteiger partial charge in [-0.15, -0.1) is 12.4 Å². The summed E-state index contributed by atoms with van der Waals surface area (Å²) in [4.78, 5) is 6.73. The average molecular weight is 372 g/mol. The van der Waals surface area contributed by atoms with Gasteiger partial charge in [0.15, 0.2) is 0 Å². The lowest BCUT2D eigenvalue weighted by molar-refractivity contribution is 0.171. The molecule has 1 aromatic heterocycles. The lowest BCUT2D eigenvalue weighted by Gasteiger charge is -2.35. The number of nitrogens with one attached hydrogen (secondary N) is 1. The molecule has 1 N–H and O–H groups in total. The van der Waals surface area contributed by atoms with E-state index in [9.17, 15) is 0 Å². The molecule has 0 aromatic carbocycles. The molecule has 1 saturated heterocycles. The van der Waals surface area contributed by atoms with Crippen LogP contribution in [-0.4, -0.2) is 36.1 Å². The van der Waals surface area contributed by atoms with Crippen LogP contribution in [0.2, 0.25) is 0 Å². The topological polar surface area (TPSA) is 28.2 Å². The summed E-state index contributed by atoms with van der Waals surface area (Å²) >= 11 is 6.93. The fraction of sp³-hybridized carbons (Fsp3) is 0.500. The van der Waals surface area contributed by atoms with E-state index in [1.165, 1.54) is 0 Å². The molecule has 16 heavy (non-hydrogen) atoms. The quantitative estimate of drug-likeness (QED) is 0.885. The first kappa shape index (κ1) is 14.4. The van der Waals surface area contributed by atoms with Gasteiger partial charge >= 0.3 is 0 Å². The van der Waals surface area contributed by atoms with Crippen LogP contribution >= 0.6 is 44.3 Å². The average Bonchev–Trinajstić information content (AvgIpc) is 2.07. The van der Waals surface area contributed by atoms with E-state index in [0.717, 1.165) is 34.3 Å². The van der Waals surface area contributed by atoms with E-state index in [-0.39, 0.29) is 12.4 Å². The minimum atomic E-state index is 0. The molecule has 0 aliphatic carbocycles. The van der Waals surface area contributed by atoms with Gasteiger partial charge in [0.2, 0.25) is 0 Å². The Morgan fingerprint density at radius 1 is 1.50 bits per heavy atom. The van der Waals surface area contributed by atoms with Crippen molar-refractivity contribution in [3.05, 3.63) is 26.9 Å². The Labute approximate surface area is 119 Å². The molecule has 3 nitrogen and oxygen atoms in total. The number of likely N-dealkylation sites (N-methyl/N-ethyl adjacent to an activating group) is 1. The standard InChI is InChI=1S/C10H13Br2N3.ClH/c1-15(8-4-13-5-8)6-10-9(12)2-7(11)3-14-10;/h2-3,8,13H,4-6H2,1H3;1H. The van der Waals surface area contributed by atoms with Crippen molar-refractivity contribution in [2.45, 2.75) is 12.6 Å². The summed E-state index contributed by atoms with van der Waals surface area (Å²) in [6, 6.07) is 2.69. The van der Waals surface area contributed by atoms with Gasteiger partial charge in [0.25, 0.3) is 0 Å². The second-order valence-electron chi connectivity index (χ2n) is 3.81. The third-order valence-corrected chi connectivity index (χ3v) is 3.79. The third-order valence-electron chi connectivity index (χ3n) is 2.67. The maximum absolute atomic E-state index is 4.40. The van der Waals surface area contributed by atoms with Crippen molar-refractivity contribution in [1.82, 2.24) is 15.2 Å². The Balaban J connectivity index is 0.00000128. The fourth-order valence-electron chi connectivity index (χ4n) is 1.51. The van der Waals surface area contributed by atoms with Crippen LogP contribution in [0, 0.1) is 0 Å². The number of hydrogen-bond donors (Lipinski definition) is 1. The van der Waals surface area contributed by atoms with Gasteiger partial charge in [0, 0.05) is 40.8 Å². The van der Waals surface area contributed by atoms with Gasteiger partial charge in [-0.1, -0.05) is 0 Å². The van der Waals surface area contributed by atoms with E-state index in [1.54, 1.807) is 0 Å². The third kappa shape index (κ3) is 3.40. The predicted molar refractivity (Wildman–Crippen MR) is 75.0 cm³/mol. The zero-order valence-corrected chi connectivity index (χ0v) is 12.9. The molecule has 1 aliphatic heterocycles. The Morgan fingerprint density at radius 3 is 2.69 bits per heavy atom. The molecule has 2 rings (SSSR count). The lowest BCUT2D eigenvalue weighted by Crippen LogP contribution is -2.55. The maximum atomic E-state index is 4.40. The van der Waals surface area contributed by atoms with Crippen LogP contribution in [0.15, 0.2) is 21.2 Å². The first-order valence-corrected chi connectivity index (χ1v) is 6.46. The van der Waals surface area contributed by atoms with Crippen LogP contribution in [-0.2, 0) is 6.54 Å². The van der Waals surface area contributed by atoms with Gasteiger partial charge in [-0.25, -0.2) is 0 Å². The molecule has 1 fully saturated rings. The number of pyridine rings is 1. The van der Waals surface area contributed by atoms with Gasteiger partial charge in [-0.05, 0) is 45.0 Å². The zero-order chi connectivity index (χ0) is 10.8. The first-order valence-electron chi connectivity index (χ1n) is 4.87. The molecular weight excluding hydrogens is 357 g/mol. The monoisotopic (exact) mass is 369 g/mol. The number of rotatable bonds is 3. The Kier molecular flexibility index (Phi) is 5.67. The minimum absolute atomic E-state index is 0. The smallest absolute Gasteiger partial charge is 0.0686 e. The van der Waals surface area contributed by atoms with Crippen LogP contribution in [0.5, 0.6) is 0 Å². The molecule has 0 bridgehead atoms. The van der Waals surface area contributed by atoms with Crippen LogP contribution in [0.4, 0.5) is 0 Å². The highest BCUT2D eigenvalue weighted by Gasteiger charge is 2.22. The summed E-state index contributed by atoms with van der Waals surface area (Å²) in [6.45, 7) is 3.06. The molecule has 1 aliphatic rings. The molecular formula is C10H14Br2ClN3. The highest BCUT2D eigenvalue weighted by atomic mass is 79.9. The van der Waals surface area contributed by atoms with Crippen molar-refractivity contribution in [3.8, 4) is 0 Å². The molecule has 0 amide bonds. The number of nitrogens with zero attached hydrogens (tertiary/aromatic N) is 2. The predicted octanol–water partition coefficient (Wildman–Crippen LogP) is 2.43. The summed E-state index contributed by atoms with van der Waals surface area (Å²) in [5, 5.41) is 3.27. The Hall–Kier alpha value is 0.320. The summed E-state index contributed by atoms with van der Waals surface area (Å²) in [7, 11) is 2.14. The molecule has 0 saturated carbocycles. The SMILES string of the molecule is CN(Cc1ncc(Br)cc1Br)C1CNC1.Cl. The molecule has 0 atom stereocenters. The van der Waals surface area contributed by atoms with Crippen molar-refractivity contribution in [3.63, 3.8) is 0 Å². The Bertz CT molecular complexity index is 358. The summed E-state index contributed by atoms with van der Waals surface area (Å²) in [6.07, 6.45) is 1.84. The highest BCUT2D eigenvalue weighted by Crippen LogP contribution is 2.21. The minimum Gasteiger partial charge on any atom is -0.314 e. The molecule has 1 aromatic rings. The van der Waals surface area contributed by atoms with E-state index in [1.807, 2.05) is 12.3 Å². The van der Waals surface area contributed by atoms with Gasteiger partial charge in [0.05, 0.1) is 5.69 Å². The first-order chi connectivity index (χ1) is 7.16. The van der Waals surface area contributed by atoms with Crippen molar-refractivity contribution in [1.29, 1.82) is 0 Å². The normalized spacial score (nSPS) is 15.8. The van der Waals surface area contributed by atoms with Gasteiger partial charge in [-0.3, -0.25) is 9.88 Å². The van der Waals surface area contributed by atoms with Crippen molar-refractivity contribution >= 4 is 44.3 Å². The van der Waals surface area contributed by atoms with Crippen LogP contribution in [0.1, 0.15) is 5.69 Å². The maximum Gasteiger partial charge on any atom is 0.0686 e. The van der Waals surface area contributed by atoms with Gasteiger partial charge in [-0.2, -0.15) is 0 Å². The van der Waals surface area contributed by atoms with E-state index in [2.05, 4.69) is 54.1 Å². The van der Waals surface area contributed by atoms with E-state index in [4.69, 9.17) is 0 Å². The molecule has 6 heteroatoms. The van der Waals surface area contributed by atoms with E-state index >= 15 is 0 Å². The van der Waals surface area contributed by atoms with E-state index < -0.39 is 0 Å². The van der Waals surface area contributed by atoms with Crippen LogP contribution in [0.3, 0.4) is 0 Å². The summed E-state index contributed by atoms with van der Waals surface area (Å²) < 4.78 is 2.07. The van der Waals surface area contributed by atoms with Crippen LogP contribution in [0.25, 0.3) is 0 Å². The number of hydrogen-bond acceptors (Lipinski definition) is 3. The van der Waals surface area contributed by atoms with Crippen molar-refractivity contribution in [2.24, 2.45) is 0 Å². The van der Waals surface area contributed by atoms with Crippen molar-refractivity contribution in [2.75, 3.05) is 20.1 Å². The Morgan fingerprint density at radius 2 is 2.19 bits per heavy atom. The van der Waals surface area contributed by atoms with Crippen LogP contribution < -0.4 is 5.32 Å². The van der Waals surface area contributed by atoms with Gasteiger partial charge < -0.3 is 5.32 Å². The largest absolute Gasteiger partial charge is 0.314 e. The molecule has 0 spiro atoms. The highest BCUT2D eigenvalue weighted by molar-refractivity contribution is 9.11. The second kappa shape index (κ2) is 6.31. The molecule has 2 heterocycles. The molecule has 0 unspecified atom stereocenters. The van der Waals surface area contributed by atoms with E-state index in [0.29, 0.717) is 6.04 Å². The summed E-state index contributed by atoms with van der Waals surface area (Å²) in [5.41, 5.74) is 1.09. The van der Waals surface area contributed by atoms with Gasteiger partial charge in [0.1, 0.15) is 0 Å².